The van der Waals surface area contributed by atoms with Gasteiger partial charge in [-0.1, -0.05) is 0 Å². The van der Waals surface area contributed by atoms with Crippen LogP contribution < -0.4 is 10.6 Å². The van der Waals surface area contributed by atoms with E-state index in [0.29, 0.717) is 0 Å². The van der Waals surface area contributed by atoms with E-state index in [4.69, 9.17) is 11.0 Å². The summed E-state index contributed by atoms with van der Waals surface area (Å²) in [5.74, 6) is -1.67. The Morgan fingerprint density at radius 2 is 2.29 bits per heavy atom. The Hall–Kier alpha value is -1.73. The molecule has 1 aliphatic rings. The second-order valence-corrected chi connectivity index (χ2v) is 6.79. The number of halogens is 2. The number of nitrogens with two attached hydrogens (primary N) is 1. The molecule has 0 saturated carbocycles. The van der Waals surface area contributed by atoms with Crippen LogP contribution in [-0.2, 0) is 15.0 Å². The predicted octanol–water partition coefficient (Wildman–Crippen LogP) is 0.950. The van der Waals surface area contributed by atoms with Crippen molar-refractivity contribution >= 4 is 43.6 Å². The molecule has 2 heterocycles. The lowest BCUT2D eigenvalue weighted by atomic mass is 10.1. The van der Waals surface area contributed by atoms with Crippen molar-refractivity contribution in [2.45, 2.75) is 6.42 Å². The molecule has 1 aromatic rings. The fraction of sp³-hybridized carbons (Fsp3) is 0.364. The Bertz CT molecular complexity index is 747. The average Bonchev–Trinajstić information content (AvgIpc) is 2.66. The number of aromatic nitrogens is 1. The first-order chi connectivity index (χ1) is 9.71. The van der Waals surface area contributed by atoms with Crippen molar-refractivity contribution in [3.8, 4) is 6.07 Å². The minimum atomic E-state index is -4.66. The Morgan fingerprint density at radius 3 is 2.86 bits per heavy atom. The Morgan fingerprint density at radius 1 is 1.62 bits per heavy atom. The summed E-state index contributed by atoms with van der Waals surface area (Å²) in [6, 6.07) is 3.26. The van der Waals surface area contributed by atoms with E-state index in [1.165, 1.54) is 11.0 Å². The number of nitriles is 1. The summed E-state index contributed by atoms with van der Waals surface area (Å²) in [6.45, 7) is 0.00650. The molecule has 2 N–H and O–H groups in total. The van der Waals surface area contributed by atoms with Crippen molar-refractivity contribution in [3.63, 3.8) is 0 Å². The van der Waals surface area contributed by atoms with Crippen LogP contribution in [0.15, 0.2) is 10.7 Å². The summed E-state index contributed by atoms with van der Waals surface area (Å²) in [7, 11) is -4.66. The molecular weight excluding hydrogens is 367 g/mol. The summed E-state index contributed by atoms with van der Waals surface area (Å²) in [4.78, 5) is 17.1. The van der Waals surface area contributed by atoms with E-state index >= 15 is 0 Å². The van der Waals surface area contributed by atoms with Gasteiger partial charge in [0, 0.05) is 24.9 Å². The molecule has 21 heavy (non-hydrogen) atoms. The summed E-state index contributed by atoms with van der Waals surface area (Å²) in [6.07, 6.45) is -0.103. The second kappa shape index (κ2) is 5.57. The van der Waals surface area contributed by atoms with E-state index in [0.717, 1.165) is 0 Å². The average molecular weight is 377 g/mol. The molecule has 1 unspecified atom stereocenters. The smallest absolute Gasteiger partial charge is 0.302 e. The zero-order valence-electron chi connectivity index (χ0n) is 10.6. The summed E-state index contributed by atoms with van der Waals surface area (Å²) >= 11 is 3.08. The van der Waals surface area contributed by atoms with Crippen LogP contribution in [-0.4, -0.2) is 31.6 Å². The van der Waals surface area contributed by atoms with Gasteiger partial charge in [-0.15, -0.1) is 3.89 Å². The van der Waals surface area contributed by atoms with E-state index in [-0.39, 0.29) is 34.6 Å². The Balaban J connectivity index is 2.36. The first-order valence-corrected chi connectivity index (χ1v) is 8.14. The molecule has 1 fully saturated rings. The second-order valence-electron chi connectivity index (χ2n) is 4.62. The number of hydrogen-bond acceptors (Lipinski definition) is 6. The molecule has 0 radical (unpaired) electrons. The van der Waals surface area contributed by atoms with E-state index < -0.39 is 27.8 Å². The maximum absolute atomic E-state index is 12.7. The van der Waals surface area contributed by atoms with Crippen molar-refractivity contribution < 1.29 is 17.1 Å². The Labute approximate surface area is 128 Å². The number of rotatable bonds is 3. The highest BCUT2D eigenvalue weighted by molar-refractivity contribution is 9.10. The number of anilines is 2. The SMILES string of the molecule is N#Cc1c(N2CC(CS(=O)(=O)F)CC2=O)cc(N)nc1Br. The third-order valence-electron chi connectivity index (χ3n) is 3.02. The van der Waals surface area contributed by atoms with Gasteiger partial charge in [-0.2, -0.15) is 13.7 Å². The molecule has 0 bridgehead atoms. The topological polar surface area (TPSA) is 117 Å². The number of amides is 1. The van der Waals surface area contributed by atoms with Gasteiger partial charge in [-0.05, 0) is 15.9 Å². The Kier molecular flexibility index (Phi) is 4.15. The van der Waals surface area contributed by atoms with Crippen molar-refractivity contribution in [1.82, 2.24) is 4.98 Å². The first kappa shape index (κ1) is 15.7. The molecule has 0 aromatic carbocycles. The monoisotopic (exact) mass is 376 g/mol. The molecule has 0 aliphatic carbocycles. The highest BCUT2D eigenvalue weighted by Crippen LogP contribution is 2.32. The van der Waals surface area contributed by atoms with E-state index in [1.54, 1.807) is 0 Å². The van der Waals surface area contributed by atoms with Gasteiger partial charge >= 0.3 is 10.2 Å². The quantitative estimate of drug-likeness (QED) is 0.619. The van der Waals surface area contributed by atoms with Crippen molar-refractivity contribution in [2.75, 3.05) is 22.9 Å². The number of carbonyl (C=O) groups is 1. The summed E-state index contributed by atoms with van der Waals surface area (Å²) in [5.41, 5.74) is 5.94. The molecule has 1 aromatic heterocycles. The lowest BCUT2D eigenvalue weighted by molar-refractivity contribution is -0.117. The summed E-state index contributed by atoms with van der Waals surface area (Å²) in [5, 5.41) is 9.13. The normalized spacial score (nSPS) is 18.8. The van der Waals surface area contributed by atoms with Gasteiger partial charge in [0.1, 0.15) is 22.1 Å². The minimum absolute atomic E-state index is 0.00650. The number of hydrogen-bond donors (Lipinski definition) is 1. The van der Waals surface area contributed by atoms with Crippen LogP contribution in [0, 0.1) is 17.2 Å². The zero-order valence-corrected chi connectivity index (χ0v) is 13.0. The molecule has 2 rings (SSSR count). The lowest BCUT2D eigenvalue weighted by Gasteiger charge is -2.18. The van der Waals surface area contributed by atoms with Crippen LogP contribution >= 0.6 is 15.9 Å². The zero-order chi connectivity index (χ0) is 15.8. The number of nitrogens with zero attached hydrogens (tertiary/aromatic N) is 3. The van der Waals surface area contributed by atoms with E-state index in [9.17, 15) is 17.1 Å². The standard InChI is InChI=1S/C11H10BrFN4O3S/c12-11-7(3-14)8(2-9(15)16-11)17-4-6(1-10(17)18)5-21(13,19)20/h2,6H,1,4-5H2,(H2,15,16). The highest BCUT2D eigenvalue weighted by Gasteiger charge is 2.35. The van der Waals surface area contributed by atoms with Crippen molar-refractivity contribution in [2.24, 2.45) is 5.92 Å². The van der Waals surface area contributed by atoms with Crippen LogP contribution in [0.4, 0.5) is 15.4 Å². The van der Waals surface area contributed by atoms with Crippen molar-refractivity contribution in [1.29, 1.82) is 5.26 Å². The van der Waals surface area contributed by atoms with Gasteiger partial charge in [0.2, 0.25) is 5.91 Å². The maximum atomic E-state index is 12.7. The van der Waals surface area contributed by atoms with Crippen LogP contribution in [0.5, 0.6) is 0 Å². The molecule has 112 valence electrons. The first-order valence-electron chi connectivity index (χ1n) is 5.80. The molecular formula is C11H10BrFN4O3S. The van der Waals surface area contributed by atoms with Gasteiger partial charge in [0.05, 0.1) is 11.4 Å². The molecule has 1 saturated heterocycles. The number of carbonyl (C=O) groups excluding carboxylic acids is 1. The maximum Gasteiger partial charge on any atom is 0.302 e. The van der Waals surface area contributed by atoms with E-state index in [2.05, 4.69) is 20.9 Å². The van der Waals surface area contributed by atoms with E-state index in [1.807, 2.05) is 6.07 Å². The van der Waals surface area contributed by atoms with Crippen LogP contribution in [0.2, 0.25) is 0 Å². The molecule has 7 nitrogen and oxygen atoms in total. The van der Waals surface area contributed by atoms with Crippen LogP contribution in [0.25, 0.3) is 0 Å². The van der Waals surface area contributed by atoms with Gasteiger partial charge in [-0.25, -0.2) is 4.98 Å². The van der Waals surface area contributed by atoms with Crippen LogP contribution in [0.3, 0.4) is 0 Å². The number of pyridine rings is 1. The summed E-state index contributed by atoms with van der Waals surface area (Å²) < 4.78 is 34.3. The number of nitrogen functional groups attached to an aromatic ring is 1. The van der Waals surface area contributed by atoms with Gasteiger partial charge in [0.25, 0.3) is 0 Å². The van der Waals surface area contributed by atoms with Crippen molar-refractivity contribution in [3.05, 3.63) is 16.2 Å². The third kappa shape index (κ3) is 3.48. The molecule has 10 heteroatoms. The van der Waals surface area contributed by atoms with Crippen LogP contribution in [0.1, 0.15) is 12.0 Å². The molecule has 1 aliphatic heterocycles. The fourth-order valence-corrected chi connectivity index (χ4v) is 3.53. The third-order valence-corrected chi connectivity index (χ3v) is 4.46. The minimum Gasteiger partial charge on any atom is -0.384 e. The molecule has 1 atom stereocenters. The lowest BCUT2D eigenvalue weighted by Crippen LogP contribution is -2.26. The van der Waals surface area contributed by atoms with Gasteiger partial charge < -0.3 is 10.6 Å². The molecule has 0 spiro atoms. The molecule has 1 amide bonds. The highest BCUT2D eigenvalue weighted by atomic mass is 79.9. The largest absolute Gasteiger partial charge is 0.384 e. The van der Waals surface area contributed by atoms with Gasteiger partial charge in [0.15, 0.2) is 0 Å². The predicted molar refractivity (Wildman–Crippen MR) is 76.4 cm³/mol. The van der Waals surface area contributed by atoms with Gasteiger partial charge in [-0.3, -0.25) is 4.79 Å². The fourth-order valence-electron chi connectivity index (χ4n) is 2.24.